The van der Waals surface area contributed by atoms with Gasteiger partial charge in [0.15, 0.2) is 0 Å². The van der Waals surface area contributed by atoms with Crippen molar-refractivity contribution in [3.63, 3.8) is 0 Å². The van der Waals surface area contributed by atoms with Crippen molar-refractivity contribution in [1.82, 2.24) is 4.98 Å². The van der Waals surface area contributed by atoms with Crippen molar-refractivity contribution in [2.75, 3.05) is 0 Å². The predicted molar refractivity (Wildman–Crippen MR) is 79.4 cm³/mol. The molecule has 0 fully saturated rings. The molecule has 0 amide bonds. The molecule has 1 N–H and O–H groups in total. The van der Waals surface area contributed by atoms with E-state index in [9.17, 15) is 9.90 Å². The Bertz CT molecular complexity index is 848. The lowest BCUT2D eigenvalue weighted by atomic mass is 10.1. The fourth-order valence-electron chi connectivity index (χ4n) is 2.12. The highest BCUT2D eigenvalue weighted by atomic mass is 32.1. The van der Waals surface area contributed by atoms with Crippen LogP contribution in [0.1, 0.15) is 17.4 Å². The van der Waals surface area contributed by atoms with Crippen LogP contribution in [0.3, 0.4) is 0 Å². The van der Waals surface area contributed by atoms with Crippen LogP contribution in [0.2, 0.25) is 0 Å². The molecule has 0 unspecified atom stereocenters. The molecule has 1 aromatic carbocycles. The summed E-state index contributed by atoms with van der Waals surface area (Å²) in [5.41, 5.74) is 1.47. The molecule has 0 atom stereocenters. The van der Waals surface area contributed by atoms with Gasteiger partial charge in [-0.1, -0.05) is 6.92 Å². The third kappa shape index (κ3) is 2.00. The first-order valence-corrected chi connectivity index (χ1v) is 7.12. The lowest BCUT2D eigenvalue weighted by Crippen LogP contribution is -2.05. The summed E-state index contributed by atoms with van der Waals surface area (Å²) >= 11 is 1.46. The van der Waals surface area contributed by atoms with Gasteiger partial charge in [-0.15, -0.1) is 11.3 Å². The highest BCUT2D eigenvalue weighted by Crippen LogP contribution is 2.27. The highest BCUT2D eigenvalue weighted by molar-refractivity contribution is 7.14. The van der Waals surface area contributed by atoms with Crippen LogP contribution in [-0.4, -0.2) is 10.1 Å². The van der Waals surface area contributed by atoms with E-state index >= 15 is 0 Å². The molecule has 0 spiro atoms. The van der Waals surface area contributed by atoms with Gasteiger partial charge in [-0.2, -0.15) is 0 Å². The first kappa shape index (κ1) is 12.9. The number of fused-ring (bicyclic) bond motifs is 1. The molecule has 20 heavy (non-hydrogen) atoms. The smallest absolute Gasteiger partial charge is 0.202 e. The minimum absolute atomic E-state index is 0.115. The summed E-state index contributed by atoms with van der Waals surface area (Å²) in [5.74, 6) is 0.154. The van der Waals surface area contributed by atoms with Gasteiger partial charge in [0.25, 0.3) is 0 Å². The summed E-state index contributed by atoms with van der Waals surface area (Å²) in [7, 11) is 0. The van der Waals surface area contributed by atoms with E-state index in [0.717, 1.165) is 10.4 Å². The Kier molecular flexibility index (Phi) is 3.06. The Morgan fingerprint density at radius 1 is 1.40 bits per heavy atom. The van der Waals surface area contributed by atoms with E-state index in [1.54, 1.807) is 12.3 Å². The standard InChI is InChI=1S/C15H13NO3S/c1-3-9-4-10-13(5-12(9)17)19-7-11(14(10)18)15-16-6-8(2)20-15/h4-7,17H,3H2,1-2H3. The summed E-state index contributed by atoms with van der Waals surface area (Å²) in [6.07, 6.45) is 3.80. The normalized spacial score (nSPS) is 11.1. The van der Waals surface area contributed by atoms with Crippen molar-refractivity contribution in [2.24, 2.45) is 0 Å². The quantitative estimate of drug-likeness (QED) is 0.783. The molecular formula is C15H13NO3S. The van der Waals surface area contributed by atoms with Gasteiger partial charge in [0.2, 0.25) is 5.43 Å². The number of aryl methyl sites for hydroxylation is 2. The summed E-state index contributed by atoms with van der Waals surface area (Å²) in [6, 6.07) is 3.19. The molecule has 0 saturated carbocycles. The maximum atomic E-state index is 12.5. The molecule has 3 aromatic rings. The molecule has 5 heteroatoms. The highest BCUT2D eigenvalue weighted by Gasteiger charge is 2.13. The minimum Gasteiger partial charge on any atom is -0.508 e. The van der Waals surface area contributed by atoms with Gasteiger partial charge in [-0.05, 0) is 25.0 Å². The van der Waals surface area contributed by atoms with Gasteiger partial charge in [-0.3, -0.25) is 4.79 Å². The van der Waals surface area contributed by atoms with Gasteiger partial charge < -0.3 is 9.52 Å². The number of aromatic hydroxyl groups is 1. The molecule has 0 saturated heterocycles. The monoisotopic (exact) mass is 287 g/mol. The van der Waals surface area contributed by atoms with Crippen molar-refractivity contribution in [2.45, 2.75) is 20.3 Å². The number of hydrogen-bond donors (Lipinski definition) is 1. The van der Waals surface area contributed by atoms with Gasteiger partial charge in [0.1, 0.15) is 22.6 Å². The molecule has 2 heterocycles. The van der Waals surface area contributed by atoms with E-state index in [1.807, 2.05) is 13.8 Å². The lowest BCUT2D eigenvalue weighted by molar-refractivity contribution is 0.467. The molecule has 0 aliphatic carbocycles. The second-order valence-electron chi connectivity index (χ2n) is 4.59. The maximum Gasteiger partial charge on any atom is 0.202 e. The largest absolute Gasteiger partial charge is 0.508 e. The van der Waals surface area contributed by atoms with Crippen molar-refractivity contribution >= 4 is 22.3 Å². The molecule has 0 aliphatic heterocycles. The first-order chi connectivity index (χ1) is 9.60. The van der Waals surface area contributed by atoms with Crippen LogP contribution >= 0.6 is 11.3 Å². The zero-order valence-corrected chi connectivity index (χ0v) is 12.0. The number of benzene rings is 1. The van der Waals surface area contributed by atoms with Gasteiger partial charge in [0, 0.05) is 17.1 Å². The van der Waals surface area contributed by atoms with E-state index in [4.69, 9.17) is 4.42 Å². The zero-order valence-electron chi connectivity index (χ0n) is 11.1. The van der Waals surface area contributed by atoms with E-state index in [0.29, 0.717) is 28.0 Å². The average molecular weight is 287 g/mol. The molecule has 2 aromatic heterocycles. The molecule has 4 nitrogen and oxygen atoms in total. The summed E-state index contributed by atoms with van der Waals surface area (Å²) in [5, 5.41) is 11.0. The zero-order chi connectivity index (χ0) is 14.3. The van der Waals surface area contributed by atoms with Crippen LogP contribution in [0.25, 0.3) is 21.5 Å². The van der Waals surface area contributed by atoms with Gasteiger partial charge >= 0.3 is 0 Å². The fourth-order valence-corrected chi connectivity index (χ4v) is 2.89. The van der Waals surface area contributed by atoms with Gasteiger partial charge in [-0.25, -0.2) is 4.98 Å². The fraction of sp³-hybridized carbons (Fsp3) is 0.200. The van der Waals surface area contributed by atoms with Crippen molar-refractivity contribution in [3.05, 3.63) is 45.3 Å². The number of aromatic nitrogens is 1. The van der Waals surface area contributed by atoms with Crippen LogP contribution in [0.5, 0.6) is 5.75 Å². The number of hydrogen-bond acceptors (Lipinski definition) is 5. The predicted octanol–water partition coefficient (Wildman–Crippen LogP) is 3.49. The Hall–Kier alpha value is -2.14. The van der Waals surface area contributed by atoms with Crippen LogP contribution in [0.15, 0.2) is 33.8 Å². The summed E-state index contributed by atoms with van der Waals surface area (Å²) < 4.78 is 5.47. The summed E-state index contributed by atoms with van der Waals surface area (Å²) in [6.45, 7) is 3.87. The van der Waals surface area contributed by atoms with E-state index in [2.05, 4.69) is 4.98 Å². The molecular weight excluding hydrogens is 274 g/mol. The van der Waals surface area contributed by atoms with E-state index < -0.39 is 0 Å². The first-order valence-electron chi connectivity index (χ1n) is 6.30. The Morgan fingerprint density at radius 3 is 2.85 bits per heavy atom. The molecule has 0 aliphatic rings. The van der Waals surface area contributed by atoms with E-state index in [-0.39, 0.29) is 11.2 Å². The average Bonchev–Trinajstić information content (AvgIpc) is 2.85. The van der Waals surface area contributed by atoms with Crippen LogP contribution in [0.4, 0.5) is 0 Å². The topological polar surface area (TPSA) is 63.3 Å². The second kappa shape index (κ2) is 4.76. The van der Waals surface area contributed by atoms with Crippen molar-refractivity contribution in [1.29, 1.82) is 0 Å². The van der Waals surface area contributed by atoms with Crippen LogP contribution in [-0.2, 0) is 6.42 Å². The van der Waals surface area contributed by atoms with Crippen LogP contribution in [0, 0.1) is 6.92 Å². The molecule has 102 valence electrons. The second-order valence-corrected chi connectivity index (χ2v) is 5.82. The molecule has 0 radical (unpaired) electrons. The summed E-state index contributed by atoms with van der Waals surface area (Å²) in [4.78, 5) is 17.8. The molecule has 0 bridgehead atoms. The van der Waals surface area contributed by atoms with Gasteiger partial charge in [0.05, 0.1) is 10.9 Å². The number of nitrogens with zero attached hydrogens (tertiary/aromatic N) is 1. The number of phenolic OH excluding ortho intramolecular Hbond substituents is 1. The van der Waals surface area contributed by atoms with Crippen LogP contribution < -0.4 is 5.43 Å². The minimum atomic E-state index is -0.115. The molecule has 3 rings (SSSR count). The number of phenols is 1. The maximum absolute atomic E-state index is 12.5. The lowest BCUT2D eigenvalue weighted by Gasteiger charge is -2.04. The Morgan fingerprint density at radius 2 is 2.20 bits per heavy atom. The third-order valence-electron chi connectivity index (χ3n) is 3.21. The third-order valence-corrected chi connectivity index (χ3v) is 4.15. The van der Waals surface area contributed by atoms with Crippen molar-refractivity contribution in [3.8, 4) is 16.3 Å². The number of rotatable bonds is 2. The Balaban J connectivity index is 2.30. The Labute approximate surface area is 119 Å². The van der Waals surface area contributed by atoms with E-state index in [1.165, 1.54) is 23.7 Å². The SMILES string of the molecule is CCc1cc2c(=O)c(-c3ncc(C)s3)coc2cc1O. The van der Waals surface area contributed by atoms with Crippen molar-refractivity contribution < 1.29 is 9.52 Å². The number of thiazole rings is 1.